The number of rotatable bonds is 8. The molecule has 114 valence electrons. The summed E-state index contributed by atoms with van der Waals surface area (Å²) >= 11 is 0. The molecule has 2 N–H and O–H groups in total. The van der Waals surface area contributed by atoms with Gasteiger partial charge in [-0.25, -0.2) is 9.97 Å². The van der Waals surface area contributed by atoms with Crippen LogP contribution in [-0.4, -0.2) is 22.6 Å². The predicted octanol–water partition coefficient (Wildman–Crippen LogP) is 4.27. The largest absolute Gasteiger partial charge is 0.370 e. The van der Waals surface area contributed by atoms with Crippen LogP contribution < -0.4 is 10.6 Å². The molecule has 2 unspecified atom stereocenters. The van der Waals surface area contributed by atoms with Gasteiger partial charge >= 0.3 is 0 Å². The molecule has 0 aromatic carbocycles. The third kappa shape index (κ3) is 5.35. The van der Waals surface area contributed by atoms with Gasteiger partial charge in [0.2, 0.25) is 0 Å². The van der Waals surface area contributed by atoms with Crippen LogP contribution in [0.15, 0.2) is 6.07 Å². The van der Waals surface area contributed by atoms with Gasteiger partial charge < -0.3 is 10.6 Å². The first-order chi connectivity index (χ1) is 9.46. The average molecular weight is 278 g/mol. The molecule has 0 aliphatic heterocycles. The van der Waals surface area contributed by atoms with Crippen molar-refractivity contribution in [3.63, 3.8) is 0 Å². The van der Waals surface area contributed by atoms with Crippen LogP contribution in [0, 0.1) is 5.92 Å². The molecule has 2 atom stereocenters. The molecule has 0 radical (unpaired) electrons. The zero-order chi connectivity index (χ0) is 15.1. The van der Waals surface area contributed by atoms with Gasteiger partial charge in [-0.1, -0.05) is 34.1 Å². The summed E-state index contributed by atoms with van der Waals surface area (Å²) in [5.74, 6) is 3.79. The van der Waals surface area contributed by atoms with E-state index in [1.807, 2.05) is 6.07 Å². The second-order valence-electron chi connectivity index (χ2n) is 5.98. The topological polar surface area (TPSA) is 49.8 Å². The van der Waals surface area contributed by atoms with Crippen LogP contribution in [0.1, 0.15) is 66.1 Å². The van der Waals surface area contributed by atoms with E-state index in [0.29, 0.717) is 12.0 Å². The average Bonchev–Trinajstić information content (AvgIpc) is 2.38. The Kier molecular flexibility index (Phi) is 6.76. The van der Waals surface area contributed by atoms with E-state index in [1.54, 1.807) is 0 Å². The molecule has 0 spiro atoms. The van der Waals surface area contributed by atoms with Gasteiger partial charge in [-0.05, 0) is 26.2 Å². The van der Waals surface area contributed by atoms with Crippen molar-refractivity contribution in [1.82, 2.24) is 9.97 Å². The molecule has 0 aliphatic rings. The Bertz CT molecular complexity index is 403. The summed E-state index contributed by atoms with van der Waals surface area (Å²) in [7, 11) is 0. The summed E-state index contributed by atoms with van der Waals surface area (Å²) in [4.78, 5) is 9.17. The van der Waals surface area contributed by atoms with Crippen molar-refractivity contribution >= 4 is 11.6 Å². The summed E-state index contributed by atoms with van der Waals surface area (Å²) in [5.41, 5.74) is 0. The summed E-state index contributed by atoms with van der Waals surface area (Å²) in [6, 6.07) is 2.43. The summed E-state index contributed by atoms with van der Waals surface area (Å²) in [6.07, 6.45) is 2.38. The van der Waals surface area contributed by atoms with Crippen molar-refractivity contribution in [2.24, 2.45) is 5.92 Å². The Labute approximate surface area is 123 Å². The third-order valence-corrected chi connectivity index (χ3v) is 3.46. The van der Waals surface area contributed by atoms with Gasteiger partial charge in [-0.2, -0.15) is 0 Å². The number of anilines is 2. The maximum absolute atomic E-state index is 4.63. The SMILES string of the molecule is CCNc1cc(NC(C)CC(C)CC)nc(C(C)C)n1. The Hall–Kier alpha value is -1.32. The highest BCUT2D eigenvalue weighted by Gasteiger charge is 2.11. The van der Waals surface area contributed by atoms with E-state index in [4.69, 9.17) is 0 Å². The molecular formula is C16H30N4. The van der Waals surface area contributed by atoms with Crippen molar-refractivity contribution in [3.8, 4) is 0 Å². The molecule has 1 aromatic rings. The monoisotopic (exact) mass is 278 g/mol. The number of hydrogen-bond donors (Lipinski definition) is 2. The van der Waals surface area contributed by atoms with Crippen molar-refractivity contribution in [1.29, 1.82) is 0 Å². The lowest BCUT2D eigenvalue weighted by molar-refractivity contribution is 0.483. The molecule has 0 saturated heterocycles. The van der Waals surface area contributed by atoms with Crippen LogP contribution in [0.25, 0.3) is 0 Å². The minimum absolute atomic E-state index is 0.332. The first kappa shape index (κ1) is 16.7. The predicted molar refractivity (Wildman–Crippen MR) is 87.4 cm³/mol. The normalized spacial score (nSPS) is 14.2. The van der Waals surface area contributed by atoms with Crippen LogP contribution in [0.5, 0.6) is 0 Å². The lowest BCUT2D eigenvalue weighted by Crippen LogP contribution is -2.20. The molecule has 1 aromatic heterocycles. The van der Waals surface area contributed by atoms with Gasteiger partial charge in [-0.3, -0.25) is 0 Å². The maximum Gasteiger partial charge on any atom is 0.135 e. The van der Waals surface area contributed by atoms with Gasteiger partial charge in [0.25, 0.3) is 0 Å². The fourth-order valence-electron chi connectivity index (χ4n) is 2.15. The van der Waals surface area contributed by atoms with E-state index in [9.17, 15) is 0 Å². The van der Waals surface area contributed by atoms with Gasteiger partial charge in [0.05, 0.1) is 0 Å². The maximum atomic E-state index is 4.63. The van der Waals surface area contributed by atoms with Crippen LogP contribution >= 0.6 is 0 Å². The minimum atomic E-state index is 0.332. The van der Waals surface area contributed by atoms with Gasteiger partial charge in [0, 0.05) is 24.6 Å². The molecule has 0 amide bonds. The zero-order valence-corrected chi connectivity index (χ0v) is 13.8. The van der Waals surface area contributed by atoms with Crippen LogP contribution in [0.2, 0.25) is 0 Å². The molecule has 0 saturated carbocycles. The second-order valence-corrected chi connectivity index (χ2v) is 5.98. The van der Waals surface area contributed by atoms with Crippen molar-refractivity contribution < 1.29 is 0 Å². The highest BCUT2D eigenvalue weighted by atomic mass is 15.1. The lowest BCUT2D eigenvalue weighted by Gasteiger charge is -2.19. The molecule has 0 fully saturated rings. The van der Waals surface area contributed by atoms with E-state index < -0.39 is 0 Å². The van der Waals surface area contributed by atoms with Crippen LogP contribution in [0.4, 0.5) is 11.6 Å². The third-order valence-electron chi connectivity index (χ3n) is 3.46. The number of nitrogens with zero attached hydrogens (tertiary/aromatic N) is 2. The molecule has 1 rings (SSSR count). The second kappa shape index (κ2) is 8.08. The molecule has 4 nitrogen and oxygen atoms in total. The first-order valence-corrected chi connectivity index (χ1v) is 7.85. The minimum Gasteiger partial charge on any atom is -0.370 e. The molecule has 1 heterocycles. The molecule has 0 bridgehead atoms. The highest BCUT2D eigenvalue weighted by molar-refractivity contribution is 5.48. The molecule has 0 aliphatic carbocycles. The highest BCUT2D eigenvalue weighted by Crippen LogP contribution is 2.19. The Morgan fingerprint density at radius 3 is 2.25 bits per heavy atom. The summed E-state index contributed by atoms with van der Waals surface area (Å²) < 4.78 is 0. The zero-order valence-electron chi connectivity index (χ0n) is 13.8. The molecular weight excluding hydrogens is 248 g/mol. The summed E-state index contributed by atoms with van der Waals surface area (Å²) in [5, 5.41) is 6.79. The van der Waals surface area contributed by atoms with Gasteiger partial charge in [0.1, 0.15) is 17.5 Å². The molecule has 4 heteroatoms. The van der Waals surface area contributed by atoms with E-state index >= 15 is 0 Å². The molecule has 20 heavy (non-hydrogen) atoms. The van der Waals surface area contributed by atoms with E-state index in [2.05, 4.69) is 62.1 Å². The Morgan fingerprint density at radius 1 is 1.05 bits per heavy atom. The van der Waals surface area contributed by atoms with Crippen LogP contribution in [0.3, 0.4) is 0 Å². The smallest absolute Gasteiger partial charge is 0.135 e. The number of hydrogen-bond acceptors (Lipinski definition) is 4. The fourth-order valence-corrected chi connectivity index (χ4v) is 2.15. The lowest BCUT2D eigenvalue weighted by atomic mass is 10.0. The first-order valence-electron chi connectivity index (χ1n) is 7.85. The Balaban J connectivity index is 2.82. The van der Waals surface area contributed by atoms with Crippen molar-refractivity contribution in [3.05, 3.63) is 11.9 Å². The number of nitrogens with one attached hydrogen (secondary N) is 2. The van der Waals surface area contributed by atoms with Crippen molar-refractivity contribution in [2.75, 3.05) is 17.2 Å². The summed E-state index contributed by atoms with van der Waals surface area (Å²) in [6.45, 7) is 13.9. The van der Waals surface area contributed by atoms with E-state index in [-0.39, 0.29) is 0 Å². The Morgan fingerprint density at radius 2 is 1.70 bits per heavy atom. The van der Waals surface area contributed by atoms with Gasteiger partial charge in [-0.15, -0.1) is 0 Å². The number of aromatic nitrogens is 2. The van der Waals surface area contributed by atoms with E-state index in [1.165, 1.54) is 6.42 Å². The van der Waals surface area contributed by atoms with Crippen LogP contribution in [-0.2, 0) is 0 Å². The van der Waals surface area contributed by atoms with Gasteiger partial charge in [0.15, 0.2) is 0 Å². The standard InChI is InChI=1S/C16H30N4/c1-7-12(5)9-13(6)18-15-10-14(17-8-2)19-16(20-15)11(3)4/h10-13H,7-9H2,1-6H3,(H2,17,18,19,20). The van der Waals surface area contributed by atoms with E-state index in [0.717, 1.165) is 36.3 Å². The fraction of sp³-hybridized carbons (Fsp3) is 0.750. The quantitative estimate of drug-likeness (QED) is 0.745. The van der Waals surface area contributed by atoms with Crippen molar-refractivity contribution in [2.45, 2.75) is 66.3 Å².